The molecule has 0 saturated carbocycles. The highest BCUT2D eigenvalue weighted by atomic mass is 15.1. The molecule has 2 N–H and O–H groups in total. The number of H-pyrrole nitrogens is 1. The summed E-state index contributed by atoms with van der Waals surface area (Å²) in [6.45, 7) is 3.73. The van der Waals surface area contributed by atoms with E-state index >= 15 is 0 Å². The summed E-state index contributed by atoms with van der Waals surface area (Å²) in [5.74, 6) is 0. The van der Waals surface area contributed by atoms with E-state index in [4.69, 9.17) is 0 Å². The van der Waals surface area contributed by atoms with Gasteiger partial charge in [0.1, 0.15) is 0 Å². The van der Waals surface area contributed by atoms with Gasteiger partial charge in [-0.15, -0.1) is 0 Å². The van der Waals surface area contributed by atoms with E-state index in [1.54, 1.807) is 0 Å². The molecule has 0 aliphatic carbocycles. The maximum atomic E-state index is 4.18. The molecule has 106 valence electrons. The van der Waals surface area contributed by atoms with Crippen molar-refractivity contribution in [3.05, 3.63) is 77.5 Å². The molecule has 0 fully saturated rings. The molecule has 0 aliphatic heterocycles. The summed E-state index contributed by atoms with van der Waals surface area (Å²) in [5, 5.41) is 10.7. The zero-order valence-corrected chi connectivity index (χ0v) is 12.1. The molecule has 0 saturated heterocycles. The number of nitrogens with one attached hydrogen (secondary N) is 2. The summed E-state index contributed by atoms with van der Waals surface area (Å²) in [4.78, 5) is 0. The Bertz CT molecular complexity index is 701. The molecule has 3 nitrogen and oxygen atoms in total. The van der Waals surface area contributed by atoms with Crippen LogP contribution in [0.15, 0.2) is 60.7 Å². The van der Waals surface area contributed by atoms with Gasteiger partial charge in [-0.2, -0.15) is 5.10 Å². The van der Waals surface area contributed by atoms with Gasteiger partial charge in [0.25, 0.3) is 0 Å². The van der Waals surface area contributed by atoms with Gasteiger partial charge in [0.05, 0.1) is 11.4 Å². The van der Waals surface area contributed by atoms with Crippen LogP contribution in [0.3, 0.4) is 0 Å². The van der Waals surface area contributed by atoms with E-state index in [1.807, 2.05) is 13.0 Å². The second kappa shape index (κ2) is 6.37. The minimum atomic E-state index is 0.857. The van der Waals surface area contributed by atoms with Crippen LogP contribution in [-0.2, 0) is 13.1 Å². The maximum absolute atomic E-state index is 4.18. The minimum Gasteiger partial charge on any atom is -0.309 e. The van der Waals surface area contributed by atoms with E-state index in [-0.39, 0.29) is 0 Å². The van der Waals surface area contributed by atoms with Gasteiger partial charge in [0.2, 0.25) is 0 Å². The maximum Gasteiger partial charge on any atom is 0.0653 e. The Labute approximate surface area is 125 Å². The lowest BCUT2D eigenvalue weighted by Crippen LogP contribution is -2.12. The van der Waals surface area contributed by atoms with Gasteiger partial charge in [0.15, 0.2) is 0 Å². The van der Waals surface area contributed by atoms with Gasteiger partial charge in [-0.3, -0.25) is 5.10 Å². The minimum absolute atomic E-state index is 0.857. The van der Waals surface area contributed by atoms with Crippen LogP contribution in [0, 0.1) is 6.92 Å². The number of benzene rings is 2. The Kier molecular flexibility index (Phi) is 4.12. The molecular weight excluding hydrogens is 258 g/mol. The molecule has 0 unspecified atom stereocenters. The Hall–Kier alpha value is -2.39. The standard InChI is InChI=1S/C18H19N3/c1-14-10-18(21-20-14)17-9-5-8-16(11-17)13-19-12-15-6-3-2-4-7-15/h2-11,19H,12-13H2,1H3,(H,20,21). The van der Waals surface area contributed by atoms with Crippen molar-refractivity contribution >= 4 is 0 Å². The zero-order chi connectivity index (χ0) is 14.5. The predicted octanol–water partition coefficient (Wildman–Crippen LogP) is 3.67. The van der Waals surface area contributed by atoms with E-state index in [9.17, 15) is 0 Å². The molecule has 21 heavy (non-hydrogen) atoms. The second-order valence-electron chi connectivity index (χ2n) is 5.21. The quantitative estimate of drug-likeness (QED) is 0.747. The van der Waals surface area contributed by atoms with Gasteiger partial charge < -0.3 is 5.32 Å². The summed E-state index contributed by atoms with van der Waals surface area (Å²) in [6.07, 6.45) is 0. The van der Waals surface area contributed by atoms with Crippen LogP contribution >= 0.6 is 0 Å². The van der Waals surface area contributed by atoms with Crippen molar-refractivity contribution in [2.24, 2.45) is 0 Å². The highest BCUT2D eigenvalue weighted by Gasteiger charge is 2.02. The first-order valence-electron chi connectivity index (χ1n) is 7.17. The van der Waals surface area contributed by atoms with Gasteiger partial charge in [-0.25, -0.2) is 0 Å². The SMILES string of the molecule is Cc1cc(-c2cccc(CNCc3ccccc3)c2)[nH]n1. The van der Waals surface area contributed by atoms with Crippen molar-refractivity contribution in [3.63, 3.8) is 0 Å². The molecule has 1 aromatic heterocycles. The topological polar surface area (TPSA) is 40.7 Å². The van der Waals surface area contributed by atoms with Crippen LogP contribution in [0.25, 0.3) is 11.3 Å². The third kappa shape index (κ3) is 3.58. The van der Waals surface area contributed by atoms with Crippen molar-refractivity contribution in [2.75, 3.05) is 0 Å². The van der Waals surface area contributed by atoms with Crippen LogP contribution in [0.1, 0.15) is 16.8 Å². The Balaban J connectivity index is 1.64. The molecule has 0 spiro atoms. The summed E-state index contributed by atoms with van der Waals surface area (Å²) >= 11 is 0. The van der Waals surface area contributed by atoms with Gasteiger partial charge in [0, 0.05) is 13.1 Å². The third-order valence-electron chi connectivity index (χ3n) is 3.44. The van der Waals surface area contributed by atoms with Crippen molar-refractivity contribution < 1.29 is 0 Å². The summed E-state index contributed by atoms with van der Waals surface area (Å²) in [6, 6.07) is 21.0. The van der Waals surface area contributed by atoms with E-state index in [1.165, 1.54) is 16.7 Å². The van der Waals surface area contributed by atoms with Crippen LogP contribution < -0.4 is 5.32 Å². The normalized spacial score (nSPS) is 10.7. The largest absolute Gasteiger partial charge is 0.309 e. The lowest BCUT2D eigenvalue weighted by atomic mass is 10.1. The molecule has 3 rings (SSSR count). The molecule has 0 atom stereocenters. The average Bonchev–Trinajstić information content (AvgIpc) is 2.95. The van der Waals surface area contributed by atoms with E-state index < -0.39 is 0 Å². The smallest absolute Gasteiger partial charge is 0.0653 e. The Morgan fingerprint density at radius 3 is 2.43 bits per heavy atom. The highest BCUT2D eigenvalue weighted by molar-refractivity contribution is 5.60. The van der Waals surface area contributed by atoms with Crippen LogP contribution in [-0.4, -0.2) is 10.2 Å². The van der Waals surface area contributed by atoms with E-state index in [0.717, 1.165) is 24.5 Å². The first-order chi connectivity index (χ1) is 10.3. The summed E-state index contributed by atoms with van der Waals surface area (Å²) in [5.41, 5.74) is 5.83. The average molecular weight is 277 g/mol. The molecule has 0 bridgehead atoms. The predicted molar refractivity (Wildman–Crippen MR) is 85.7 cm³/mol. The lowest BCUT2D eigenvalue weighted by molar-refractivity contribution is 0.693. The third-order valence-corrected chi connectivity index (χ3v) is 3.44. The first kappa shape index (κ1) is 13.6. The zero-order valence-electron chi connectivity index (χ0n) is 12.1. The first-order valence-corrected chi connectivity index (χ1v) is 7.17. The molecule has 3 aromatic rings. The van der Waals surface area contributed by atoms with Crippen molar-refractivity contribution in [3.8, 4) is 11.3 Å². The van der Waals surface area contributed by atoms with E-state index in [2.05, 4.69) is 70.1 Å². The fourth-order valence-electron chi connectivity index (χ4n) is 2.37. The molecular formula is C18H19N3. The van der Waals surface area contributed by atoms with Gasteiger partial charge in [-0.1, -0.05) is 48.5 Å². The van der Waals surface area contributed by atoms with E-state index in [0.29, 0.717) is 0 Å². The van der Waals surface area contributed by atoms with Crippen molar-refractivity contribution in [1.29, 1.82) is 0 Å². The fourth-order valence-corrected chi connectivity index (χ4v) is 2.37. The second-order valence-corrected chi connectivity index (χ2v) is 5.21. The molecule has 3 heteroatoms. The van der Waals surface area contributed by atoms with Crippen molar-refractivity contribution in [2.45, 2.75) is 20.0 Å². The van der Waals surface area contributed by atoms with Gasteiger partial charge in [-0.05, 0) is 35.7 Å². The van der Waals surface area contributed by atoms with Crippen molar-refractivity contribution in [1.82, 2.24) is 15.5 Å². The van der Waals surface area contributed by atoms with Crippen LogP contribution in [0.5, 0.6) is 0 Å². The highest BCUT2D eigenvalue weighted by Crippen LogP contribution is 2.18. The molecule has 1 heterocycles. The monoisotopic (exact) mass is 277 g/mol. The Morgan fingerprint density at radius 2 is 1.67 bits per heavy atom. The number of aromatic amines is 1. The van der Waals surface area contributed by atoms with Gasteiger partial charge >= 0.3 is 0 Å². The molecule has 2 aromatic carbocycles. The summed E-state index contributed by atoms with van der Waals surface area (Å²) < 4.78 is 0. The fraction of sp³-hybridized carbons (Fsp3) is 0.167. The molecule has 0 aliphatic rings. The molecule has 0 radical (unpaired) electrons. The Morgan fingerprint density at radius 1 is 0.905 bits per heavy atom. The number of aromatic nitrogens is 2. The number of hydrogen-bond donors (Lipinski definition) is 2. The molecule has 0 amide bonds. The number of rotatable bonds is 5. The lowest BCUT2D eigenvalue weighted by Gasteiger charge is -2.06. The number of aryl methyl sites for hydroxylation is 1. The van der Waals surface area contributed by atoms with Crippen LogP contribution in [0.2, 0.25) is 0 Å². The summed E-state index contributed by atoms with van der Waals surface area (Å²) in [7, 11) is 0. The number of nitrogens with zero attached hydrogens (tertiary/aromatic N) is 1. The number of hydrogen-bond acceptors (Lipinski definition) is 2. The van der Waals surface area contributed by atoms with Crippen LogP contribution in [0.4, 0.5) is 0 Å².